The van der Waals surface area contributed by atoms with Crippen molar-refractivity contribution in [1.29, 1.82) is 0 Å². The van der Waals surface area contributed by atoms with Gasteiger partial charge in [0.05, 0.1) is 23.9 Å². The molecule has 6 aromatic rings. The van der Waals surface area contributed by atoms with Crippen molar-refractivity contribution in [1.82, 2.24) is 0 Å². The first-order chi connectivity index (χ1) is 24.8. The van der Waals surface area contributed by atoms with Gasteiger partial charge in [-0.3, -0.25) is 0 Å². The highest BCUT2D eigenvalue weighted by molar-refractivity contribution is 7.26. The lowest BCUT2D eigenvalue weighted by Gasteiger charge is -2.44. The van der Waals surface area contributed by atoms with Crippen molar-refractivity contribution in [3.05, 3.63) is 113 Å². The first-order valence-corrected chi connectivity index (χ1v) is 19.5. The van der Waals surface area contributed by atoms with Gasteiger partial charge in [-0.2, -0.15) is 0 Å². The van der Waals surface area contributed by atoms with E-state index >= 15 is 0 Å². The van der Waals surface area contributed by atoms with Crippen molar-refractivity contribution in [2.45, 2.75) is 79.6 Å². The Kier molecular flexibility index (Phi) is 7.44. The minimum absolute atomic E-state index is 0.00296. The zero-order valence-electron chi connectivity index (χ0n) is 31.9. The maximum absolute atomic E-state index is 6.44. The van der Waals surface area contributed by atoms with Gasteiger partial charge in [-0.25, -0.2) is 0 Å². The zero-order chi connectivity index (χ0) is 36.3. The molecular formula is C46H47BN2O2S. The summed E-state index contributed by atoms with van der Waals surface area (Å²) in [7, 11) is 0. The second-order valence-electron chi connectivity index (χ2n) is 17.0. The predicted molar refractivity (Wildman–Crippen MR) is 223 cm³/mol. The van der Waals surface area contributed by atoms with Gasteiger partial charge in [-0.05, 0) is 118 Å². The topological polar surface area (TPSA) is 24.9 Å². The summed E-state index contributed by atoms with van der Waals surface area (Å²) < 4.78 is 14.0. The summed E-state index contributed by atoms with van der Waals surface area (Å²) in [5, 5.41) is 2.61. The molecule has 262 valence electrons. The number of fused-ring (bicyclic) bond motifs is 7. The van der Waals surface area contributed by atoms with Gasteiger partial charge in [0.15, 0.2) is 11.5 Å². The van der Waals surface area contributed by atoms with Crippen molar-refractivity contribution in [2.75, 3.05) is 23.0 Å². The summed E-state index contributed by atoms with van der Waals surface area (Å²) in [5.41, 5.74) is 16.5. The van der Waals surface area contributed by atoms with Gasteiger partial charge >= 0.3 is 0 Å². The zero-order valence-corrected chi connectivity index (χ0v) is 32.7. The standard InChI is InChI=1S/C46H47BN2O2S/c1-27-23-36-41-37(24-27)49(42-28(2)25-38-43(29(42)3)51-22-12-21-50-38)44-40(33-13-10-11-14-39(33)52-44)47(41)34-26-31(46(7,8)9)17-20-35(34)48(36)32-18-15-30(16-19-32)45(4,5)6/h10-11,13-20,23-26H,12,21-22H2,1-9H3. The molecule has 0 unspecified atom stereocenters. The molecule has 1 aromatic heterocycles. The monoisotopic (exact) mass is 702 g/mol. The Balaban J connectivity index is 1.39. The summed E-state index contributed by atoms with van der Waals surface area (Å²) in [6.45, 7) is 21.9. The van der Waals surface area contributed by atoms with Crippen LogP contribution in [0.4, 0.5) is 33.4 Å². The number of rotatable bonds is 2. The molecule has 4 heterocycles. The van der Waals surface area contributed by atoms with Crippen LogP contribution in [0.3, 0.4) is 0 Å². The molecule has 6 heteroatoms. The van der Waals surface area contributed by atoms with Crippen LogP contribution in [0.15, 0.2) is 84.9 Å². The van der Waals surface area contributed by atoms with Gasteiger partial charge in [0.25, 0.3) is 6.71 Å². The van der Waals surface area contributed by atoms with Crippen LogP contribution in [-0.4, -0.2) is 19.9 Å². The fourth-order valence-electron chi connectivity index (χ4n) is 8.65. The summed E-state index contributed by atoms with van der Waals surface area (Å²) in [6.07, 6.45) is 0.877. The largest absolute Gasteiger partial charge is 0.490 e. The van der Waals surface area contributed by atoms with Crippen molar-refractivity contribution >= 4 is 78.0 Å². The molecule has 3 aliphatic rings. The van der Waals surface area contributed by atoms with E-state index in [1.807, 2.05) is 11.3 Å². The number of hydrogen-bond donors (Lipinski definition) is 0. The van der Waals surface area contributed by atoms with E-state index in [2.05, 4.69) is 157 Å². The third-order valence-corrected chi connectivity index (χ3v) is 12.4. The molecule has 4 nitrogen and oxygen atoms in total. The third-order valence-electron chi connectivity index (χ3n) is 11.3. The van der Waals surface area contributed by atoms with Crippen LogP contribution in [0.1, 0.15) is 75.8 Å². The number of nitrogens with zero attached hydrogens (tertiary/aromatic N) is 2. The van der Waals surface area contributed by atoms with Crippen molar-refractivity contribution in [3.63, 3.8) is 0 Å². The number of anilines is 6. The lowest BCUT2D eigenvalue weighted by atomic mass is 9.33. The summed E-state index contributed by atoms with van der Waals surface area (Å²) in [6, 6.07) is 32.5. The fraction of sp³-hybridized carbons (Fsp3) is 0.304. The van der Waals surface area contributed by atoms with Gasteiger partial charge in [0.1, 0.15) is 0 Å². The summed E-state index contributed by atoms with van der Waals surface area (Å²) in [4.78, 5) is 5.10. The molecule has 0 N–H and O–H groups in total. The Morgan fingerprint density at radius 1 is 0.673 bits per heavy atom. The minimum atomic E-state index is 0.00296. The summed E-state index contributed by atoms with van der Waals surface area (Å²) >= 11 is 1.91. The summed E-state index contributed by atoms with van der Waals surface area (Å²) in [5.74, 6) is 1.72. The number of thiophene rings is 1. The van der Waals surface area contributed by atoms with Gasteiger partial charge in [-0.1, -0.05) is 84.0 Å². The molecule has 5 aromatic carbocycles. The van der Waals surface area contributed by atoms with E-state index in [1.165, 1.54) is 82.2 Å². The normalized spacial score (nSPS) is 15.0. The average Bonchev–Trinajstić information content (AvgIpc) is 3.31. The average molecular weight is 703 g/mol. The molecule has 0 saturated carbocycles. The third kappa shape index (κ3) is 5.01. The van der Waals surface area contributed by atoms with E-state index in [1.54, 1.807) is 0 Å². The molecule has 9 rings (SSSR count). The highest BCUT2D eigenvalue weighted by Gasteiger charge is 2.46. The number of hydrogen-bond acceptors (Lipinski definition) is 5. The van der Waals surface area contributed by atoms with E-state index in [0.29, 0.717) is 13.2 Å². The van der Waals surface area contributed by atoms with Crippen LogP contribution in [0, 0.1) is 20.8 Å². The van der Waals surface area contributed by atoms with E-state index < -0.39 is 0 Å². The molecule has 0 amide bonds. The molecule has 0 aliphatic carbocycles. The second-order valence-corrected chi connectivity index (χ2v) is 18.0. The Bertz CT molecular complexity index is 2410. The van der Waals surface area contributed by atoms with Crippen LogP contribution in [0.2, 0.25) is 0 Å². The maximum Gasteiger partial charge on any atom is 0.254 e. The SMILES string of the molecule is Cc1cc2c3c(c1)N(c1c(C)cc4c(c1C)OCCCO4)c1sc4ccccc4c1B3c1cc(C(C)(C)C)ccc1N2c1ccc(C(C)(C)C)cc1. The van der Waals surface area contributed by atoms with Crippen molar-refractivity contribution < 1.29 is 9.47 Å². The van der Waals surface area contributed by atoms with Crippen LogP contribution < -0.4 is 35.7 Å². The van der Waals surface area contributed by atoms with Gasteiger partial charge < -0.3 is 19.3 Å². The molecule has 0 fully saturated rings. The lowest BCUT2D eigenvalue weighted by Crippen LogP contribution is -2.61. The molecule has 0 atom stereocenters. The molecule has 0 bridgehead atoms. The maximum atomic E-state index is 6.44. The Hall–Kier alpha value is -4.68. The Labute approximate surface area is 313 Å². The predicted octanol–water partition coefficient (Wildman–Crippen LogP) is 10.7. The van der Waals surface area contributed by atoms with Crippen LogP contribution in [0.25, 0.3) is 10.1 Å². The van der Waals surface area contributed by atoms with E-state index in [9.17, 15) is 0 Å². The van der Waals surface area contributed by atoms with E-state index in [4.69, 9.17) is 9.47 Å². The van der Waals surface area contributed by atoms with Gasteiger partial charge in [-0.15, -0.1) is 11.3 Å². The Morgan fingerprint density at radius 2 is 1.35 bits per heavy atom. The van der Waals surface area contributed by atoms with Gasteiger partial charge in [0, 0.05) is 39.4 Å². The van der Waals surface area contributed by atoms with Crippen LogP contribution in [-0.2, 0) is 10.8 Å². The molecule has 52 heavy (non-hydrogen) atoms. The lowest BCUT2D eigenvalue weighted by molar-refractivity contribution is 0.296. The van der Waals surface area contributed by atoms with E-state index in [0.717, 1.165) is 23.5 Å². The van der Waals surface area contributed by atoms with Crippen molar-refractivity contribution in [3.8, 4) is 11.5 Å². The van der Waals surface area contributed by atoms with Crippen LogP contribution >= 0.6 is 11.3 Å². The quantitative estimate of drug-likeness (QED) is 0.168. The first kappa shape index (κ1) is 33.2. The number of benzene rings is 5. The van der Waals surface area contributed by atoms with Gasteiger partial charge in [0.2, 0.25) is 0 Å². The number of aryl methyl sites for hydroxylation is 2. The molecule has 0 saturated heterocycles. The highest BCUT2D eigenvalue weighted by Crippen LogP contribution is 2.52. The Morgan fingerprint density at radius 3 is 2.08 bits per heavy atom. The fourth-order valence-corrected chi connectivity index (χ4v) is 9.91. The van der Waals surface area contributed by atoms with Crippen molar-refractivity contribution in [2.24, 2.45) is 0 Å². The highest BCUT2D eigenvalue weighted by atomic mass is 32.1. The first-order valence-electron chi connectivity index (χ1n) is 18.7. The van der Waals surface area contributed by atoms with Crippen LogP contribution in [0.5, 0.6) is 11.5 Å². The molecule has 0 spiro atoms. The second kappa shape index (κ2) is 11.7. The number of ether oxygens (including phenoxy) is 2. The smallest absolute Gasteiger partial charge is 0.254 e. The minimum Gasteiger partial charge on any atom is -0.490 e. The van der Waals surface area contributed by atoms with E-state index in [-0.39, 0.29) is 17.5 Å². The molecular weight excluding hydrogens is 655 g/mol. The molecule has 3 aliphatic heterocycles. The molecule has 0 radical (unpaired) electrons.